The van der Waals surface area contributed by atoms with Crippen LogP contribution in [0.1, 0.15) is 12.5 Å². The average Bonchev–Trinajstić information content (AvgIpc) is 2.86. The summed E-state index contributed by atoms with van der Waals surface area (Å²) < 4.78 is 0. The Balaban J connectivity index is 2.16. The molecule has 0 bridgehead atoms. The van der Waals surface area contributed by atoms with Crippen molar-refractivity contribution in [2.24, 2.45) is 5.92 Å². The molecule has 0 saturated carbocycles. The Hall–Kier alpha value is -1.81. The number of aromatic nitrogens is 2. The van der Waals surface area contributed by atoms with Gasteiger partial charge in [0.25, 0.3) is 0 Å². The molecule has 1 unspecified atom stereocenters. The number of rotatable bonds is 2. The van der Waals surface area contributed by atoms with Crippen LogP contribution in [0.25, 0.3) is 16.6 Å². The van der Waals surface area contributed by atoms with Crippen molar-refractivity contribution in [3.05, 3.63) is 30.0 Å². The van der Waals surface area contributed by atoms with Crippen LogP contribution < -0.4 is 5.32 Å². The Bertz CT molecular complexity index is 626. The topological polar surface area (TPSA) is 44.0 Å². The van der Waals surface area contributed by atoms with E-state index in [2.05, 4.69) is 52.4 Å². The summed E-state index contributed by atoms with van der Waals surface area (Å²) in [7, 11) is 4.08. The maximum atomic E-state index is 4.54. The van der Waals surface area contributed by atoms with Crippen LogP contribution in [0, 0.1) is 5.92 Å². The zero-order valence-electron chi connectivity index (χ0n) is 11.7. The minimum atomic E-state index is 0.545. The third kappa shape index (κ3) is 2.12. The monoisotopic (exact) mass is 256 g/mol. The minimum absolute atomic E-state index is 0.545. The number of anilines is 1. The molecule has 19 heavy (non-hydrogen) atoms. The Kier molecular flexibility index (Phi) is 3.03. The number of hydrogen-bond donors (Lipinski definition) is 2. The molecule has 0 amide bonds. The molecule has 1 aliphatic rings. The van der Waals surface area contributed by atoms with Crippen molar-refractivity contribution in [3.63, 3.8) is 0 Å². The molecular weight excluding hydrogens is 236 g/mol. The van der Waals surface area contributed by atoms with Crippen molar-refractivity contribution < 1.29 is 0 Å². The van der Waals surface area contributed by atoms with Gasteiger partial charge in [-0.1, -0.05) is 13.0 Å². The molecule has 4 heteroatoms. The fraction of sp³-hybridized carbons (Fsp3) is 0.400. The van der Waals surface area contributed by atoms with E-state index in [-0.39, 0.29) is 0 Å². The van der Waals surface area contributed by atoms with E-state index < -0.39 is 0 Å². The molecular formula is C15H20N4. The summed E-state index contributed by atoms with van der Waals surface area (Å²) in [5, 5.41) is 4.35. The molecule has 2 aromatic heterocycles. The molecule has 0 radical (unpaired) electrons. The van der Waals surface area contributed by atoms with Gasteiger partial charge in [-0.15, -0.1) is 0 Å². The summed E-state index contributed by atoms with van der Waals surface area (Å²) in [6.45, 7) is 4.41. The Labute approximate surface area is 113 Å². The Morgan fingerprint density at radius 2 is 2.32 bits per heavy atom. The van der Waals surface area contributed by atoms with Crippen molar-refractivity contribution in [2.45, 2.75) is 6.92 Å². The number of nitrogens with zero attached hydrogens (tertiary/aromatic N) is 2. The maximum Gasteiger partial charge on any atom is 0.140 e. The molecule has 0 aromatic carbocycles. The second-order valence-electron chi connectivity index (χ2n) is 5.33. The lowest BCUT2D eigenvalue weighted by Gasteiger charge is -2.28. The highest BCUT2D eigenvalue weighted by atomic mass is 15.1. The molecule has 0 fully saturated rings. The van der Waals surface area contributed by atoms with Gasteiger partial charge in [-0.3, -0.25) is 0 Å². The maximum absolute atomic E-state index is 4.54. The quantitative estimate of drug-likeness (QED) is 0.868. The van der Waals surface area contributed by atoms with Crippen LogP contribution in [0.15, 0.2) is 24.4 Å². The third-order valence-corrected chi connectivity index (χ3v) is 3.84. The molecule has 3 heterocycles. The number of pyridine rings is 1. The first-order valence-corrected chi connectivity index (χ1v) is 6.74. The highest BCUT2D eigenvalue weighted by molar-refractivity contribution is 5.92. The Morgan fingerprint density at radius 1 is 1.47 bits per heavy atom. The molecule has 1 aliphatic heterocycles. The van der Waals surface area contributed by atoms with Crippen molar-refractivity contribution >= 4 is 22.4 Å². The second-order valence-corrected chi connectivity index (χ2v) is 5.33. The number of nitrogens with one attached hydrogen (secondary N) is 2. The second kappa shape index (κ2) is 4.70. The lowest BCUT2D eigenvalue weighted by molar-refractivity contribution is 0.329. The highest BCUT2D eigenvalue weighted by Crippen LogP contribution is 2.33. The van der Waals surface area contributed by atoms with Crippen molar-refractivity contribution in [1.82, 2.24) is 14.9 Å². The lowest BCUT2D eigenvalue weighted by atomic mass is 9.89. The number of likely N-dealkylation sites (N-methyl/N-ethyl adjacent to an activating group) is 1. The highest BCUT2D eigenvalue weighted by Gasteiger charge is 2.20. The van der Waals surface area contributed by atoms with E-state index in [1.165, 1.54) is 16.5 Å². The van der Waals surface area contributed by atoms with E-state index in [4.69, 9.17) is 0 Å². The van der Waals surface area contributed by atoms with Crippen molar-refractivity contribution in [1.29, 1.82) is 0 Å². The van der Waals surface area contributed by atoms with Gasteiger partial charge in [0.1, 0.15) is 11.5 Å². The predicted molar refractivity (Wildman–Crippen MR) is 80.3 cm³/mol. The summed E-state index contributed by atoms with van der Waals surface area (Å²) >= 11 is 0. The minimum Gasteiger partial charge on any atom is -0.373 e. The van der Waals surface area contributed by atoms with E-state index in [0.29, 0.717) is 5.92 Å². The number of H-pyrrole nitrogens is 1. The summed E-state index contributed by atoms with van der Waals surface area (Å²) in [5.74, 6) is 1.46. The molecule has 0 spiro atoms. The van der Waals surface area contributed by atoms with E-state index in [9.17, 15) is 0 Å². The van der Waals surface area contributed by atoms with Gasteiger partial charge >= 0.3 is 0 Å². The first-order valence-electron chi connectivity index (χ1n) is 6.74. The standard InChI is InChI=1S/C15H20N4/c1-10-9-19(3)7-5-11(10)13-8-14(16-2)18-15-12(13)4-6-17-15/h4-6,8,10H,7,9H2,1-3H3,(H2,16,17,18). The van der Waals surface area contributed by atoms with Gasteiger partial charge in [-0.2, -0.15) is 0 Å². The van der Waals surface area contributed by atoms with Crippen LogP contribution in [0.5, 0.6) is 0 Å². The van der Waals surface area contributed by atoms with E-state index in [0.717, 1.165) is 24.6 Å². The molecule has 0 saturated heterocycles. The zero-order valence-corrected chi connectivity index (χ0v) is 11.7. The van der Waals surface area contributed by atoms with Crippen LogP contribution in [0.2, 0.25) is 0 Å². The largest absolute Gasteiger partial charge is 0.373 e. The van der Waals surface area contributed by atoms with Gasteiger partial charge in [0, 0.05) is 31.7 Å². The fourth-order valence-corrected chi connectivity index (χ4v) is 2.88. The van der Waals surface area contributed by atoms with Crippen LogP contribution in [-0.2, 0) is 0 Å². The molecule has 100 valence electrons. The van der Waals surface area contributed by atoms with Crippen molar-refractivity contribution in [2.75, 3.05) is 32.5 Å². The zero-order chi connectivity index (χ0) is 13.4. The van der Waals surface area contributed by atoms with E-state index in [1.807, 2.05) is 13.2 Å². The lowest BCUT2D eigenvalue weighted by Crippen LogP contribution is -2.29. The van der Waals surface area contributed by atoms with Gasteiger partial charge in [-0.05, 0) is 36.2 Å². The first kappa shape index (κ1) is 12.2. The van der Waals surface area contributed by atoms with Gasteiger partial charge < -0.3 is 15.2 Å². The summed E-state index contributed by atoms with van der Waals surface area (Å²) in [4.78, 5) is 10.1. The van der Waals surface area contributed by atoms with Crippen LogP contribution in [0.3, 0.4) is 0 Å². The molecule has 2 aromatic rings. The smallest absolute Gasteiger partial charge is 0.140 e. The van der Waals surface area contributed by atoms with Gasteiger partial charge in [-0.25, -0.2) is 4.98 Å². The van der Waals surface area contributed by atoms with E-state index >= 15 is 0 Å². The molecule has 4 nitrogen and oxygen atoms in total. The molecule has 0 aliphatic carbocycles. The molecule has 3 rings (SSSR count). The number of fused-ring (bicyclic) bond motifs is 1. The van der Waals surface area contributed by atoms with Crippen LogP contribution >= 0.6 is 0 Å². The SMILES string of the molecule is CNc1cc(C2=CCN(C)CC2C)c2cc[nH]c2n1. The fourth-order valence-electron chi connectivity index (χ4n) is 2.88. The summed E-state index contributed by atoms with van der Waals surface area (Å²) in [6, 6.07) is 4.27. The van der Waals surface area contributed by atoms with Crippen LogP contribution in [-0.4, -0.2) is 42.1 Å². The number of hydrogen-bond acceptors (Lipinski definition) is 3. The summed E-state index contributed by atoms with van der Waals surface area (Å²) in [5.41, 5.74) is 3.69. The third-order valence-electron chi connectivity index (χ3n) is 3.84. The summed E-state index contributed by atoms with van der Waals surface area (Å²) in [6.07, 6.45) is 4.30. The van der Waals surface area contributed by atoms with Crippen LogP contribution in [0.4, 0.5) is 5.82 Å². The first-order chi connectivity index (χ1) is 9.19. The normalized spacial score (nSPS) is 20.6. The molecule has 1 atom stereocenters. The molecule has 2 N–H and O–H groups in total. The van der Waals surface area contributed by atoms with Gasteiger partial charge in [0.05, 0.1) is 0 Å². The van der Waals surface area contributed by atoms with Gasteiger partial charge in [0.15, 0.2) is 0 Å². The Morgan fingerprint density at radius 3 is 3.05 bits per heavy atom. The van der Waals surface area contributed by atoms with Crippen molar-refractivity contribution in [3.8, 4) is 0 Å². The number of aromatic amines is 1. The predicted octanol–water partition coefficient (Wildman–Crippen LogP) is 2.57. The van der Waals surface area contributed by atoms with Gasteiger partial charge in [0.2, 0.25) is 0 Å². The average molecular weight is 256 g/mol. The van der Waals surface area contributed by atoms with E-state index in [1.54, 1.807) is 0 Å².